The maximum Gasteiger partial charge on any atom is 0.246 e. The number of benzene rings is 2. The summed E-state index contributed by atoms with van der Waals surface area (Å²) < 4.78 is 10.4. The van der Waals surface area contributed by atoms with Crippen LogP contribution in [0.1, 0.15) is 17.0 Å². The molecule has 146 valence electrons. The molecule has 0 saturated heterocycles. The van der Waals surface area contributed by atoms with Crippen molar-refractivity contribution >= 4 is 17.7 Å². The van der Waals surface area contributed by atoms with Gasteiger partial charge in [-0.15, -0.1) is 11.8 Å². The number of aryl methyl sites for hydroxylation is 1. The molecule has 2 aromatic carbocycles. The maximum atomic E-state index is 12.4. The Morgan fingerprint density at radius 3 is 2.71 bits per heavy atom. The summed E-state index contributed by atoms with van der Waals surface area (Å²) in [4.78, 5) is 18.3. The number of hydrogen-bond donors (Lipinski definition) is 0. The number of amides is 1. The van der Waals surface area contributed by atoms with Gasteiger partial charge in [0.1, 0.15) is 5.75 Å². The minimum Gasteiger partial charge on any atom is -0.497 e. The highest BCUT2D eigenvalue weighted by Crippen LogP contribution is 2.20. The molecule has 3 rings (SSSR count). The van der Waals surface area contributed by atoms with Crippen molar-refractivity contribution in [3.05, 3.63) is 65.5 Å². The van der Waals surface area contributed by atoms with Crippen LogP contribution in [0.15, 0.2) is 53.1 Å². The summed E-state index contributed by atoms with van der Waals surface area (Å²) in [6.45, 7) is 2.35. The number of hydrogen-bond acceptors (Lipinski definition) is 6. The lowest BCUT2D eigenvalue weighted by molar-refractivity contribution is -0.127. The minimum atomic E-state index is 0.0295. The first-order valence-corrected chi connectivity index (χ1v) is 10.0. The summed E-state index contributed by atoms with van der Waals surface area (Å²) in [5.41, 5.74) is 3.28. The van der Waals surface area contributed by atoms with Crippen LogP contribution in [0, 0.1) is 6.92 Å². The largest absolute Gasteiger partial charge is 0.497 e. The van der Waals surface area contributed by atoms with E-state index >= 15 is 0 Å². The third-order valence-electron chi connectivity index (χ3n) is 4.19. The number of aromatic nitrogens is 2. The number of carbonyl (C=O) groups excluding carboxylic acids is 1. The molecule has 6 nitrogen and oxygen atoms in total. The fourth-order valence-corrected chi connectivity index (χ4v) is 3.55. The Morgan fingerprint density at radius 1 is 1.21 bits per heavy atom. The molecule has 0 spiro atoms. The summed E-state index contributed by atoms with van der Waals surface area (Å²) in [6.07, 6.45) is 0. The molecule has 1 heterocycles. The smallest absolute Gasteiger partial charge is 0.246 e. The highest BCUT2D eigenvalue weighted by atomic mass is 32.2. The van der Waals surface area contributed by atoms with Gasteiger partial charge >= 0.3 is 0 Å². The van der Waals surface area contributed by atoms with Crippen LogP contribution in [-0.2, 0) is 17.1 Å². The number of nitrogens with zero attached hydrogens (tertiary/aromatic N) is 3. The third-order valence-corrected chi connectivity index (χ3v) is 5.18. The Kier molecular flexibility index (Phi) is 6.71. The van der Waals surface area contributed by atoms with Gasteiger partial charge in [0.2, 0.25) is 17.6 Å². The fourth-order valence-electron chi connectivity index (χ4n) is 2.64. The Labute approximate surface area is 168 Å². The monoisotopic (exact) mass is 397 g/mol. The van der Waals surface area contributed by atoms with Gasteiger partial charge in [-0.05, 0) is 36.8 Å². The van der Waals surface area contributed by atoms with Gasteiger partial charge in [0, 0.05) is 18.4 Å². The quantitative estimate of drug-likeness (QED) is 0.573. The van der Waals surface area contributed by atoms with Crippen LogP contribution in [0.5, 0.6) is 5.75 Å². The predicted molar refractivity (Wildman–Crippen MR) is 110 cm³/mol. The Morgan fingerprint density at radius 2 is 2.00 bits per heavy atom. The van der Waals surface area contributed by atoms with Gasteiger partial charge in [-0.3, -0.25) is 4.79 Å². The van der Waals surface area contributed by atoms with E-state index < -0.39 is 0 Å². The molecule has 0 aliphatic carbocycles. The van der Waals surface area contributed by atoms with Crippen molar-refractivity contribution in [2.24, 2.45) is 0 Å². The van der Waals surface area contributed by atoms with Crippen LogP contribution in [0.4, 0.5) is 0 Å². The van der Waals surface area contributed by atoms with Gasteiger partial charge < -0.3 is 14.2 Å². The Balaban J connectivity index is 1.50. The molecule has 1 amide bonds. The molecule has 0 aliphatic rings. The minimum absolute atomic E-state index is 0.0295. The fraction of sp³-hybridized carbons (Fsp3) is 0.286. The molecule has 0 radical (unpaired) electrons. The van der Waals surface area contributed by atoms with E-state index in [0.29, 0.717) is 17.5 Å². The zero-order valence-corrected chi connectivity index (χ0v) is 17.0. The van der Waals surface area contributed by atoms with Crippen LogP contribution in [0.2, 0.25) is 0 Å². The van der Waals surface area contributed by atoms with Gasteiger partial charge in [-0.25, -0.2) is 0 Å². The second-order valence-electron chi connectivity index (χ2n) is 6.47. The standard InChI is InChI=1S/C21H23N3O3S/c1-15-5-4-6-16(11-15)13-28-14-20(25)24(2)12-19-22-21(23-27-19)17-7-9-18(26-3)10-8-17/h4-11H,12-14H2,1-3H3. The molecule has 0 aliphatic heterocycles. The lowest BCUT2D eigenvalue weighted by Gasteiger charge is -2.14. The normalized spacial score (nSPS) is 10.7. The number of ether oxygens (including phenoxy) is 1. The molecular formula is C21H23N3O3S. The van der Waals surface area contributed by atoms with Gasteiger partial charge in [0.25, 0.3) is 0 Å². The van der Waals surface area contributed by atoms with Gasteiger partial charge in [-0.2, -0.15) is 4.98 Å². The summed E-state index contributed by atoms with van der Waals surface area (Å²) in [7, 11) is 3.36. The molecule has 0 N–H and O–H groups in total. The third kappa shape index (κ3) is 5.36. The second-order valence-corrected chi connectivity index (χ2v) is 7.46. The average molecular weight is 398 g/mol. The first-order valence-electron chi connectivity index (χ1n) is 8.89. The number of carbonyl (C=O) groups is 1. The van der Waals surface area contributed by atoms with Gasteiger partial charge in [0.05, 0.1) is 19.4 Å². The van der Waals surface area contributed by atoms with Gasteiger partial charge in [0.15, 0.2) is 0 Å². The van der Waals surface area contributed by atoms with Crippen LogP contribution in [0.25, 0.3) is 11.4 Å². The van der Waals surface area contributed by atoms with Crippen molar-refractivity contribution in [2.75, 3.05) is 19.9 Å². The molecule has 0 bridgehead atoms. The number of methoxy groups -OCH3 is 1. The van der Waals surface area contributed by atoms with E-state index in [1.807, 2.05) is 30.3 Å². The molecule has 0 unspecified atom stereocenters. The molecule has 0 atom stereocenters. The Hall–Kier alpha value is -2.80. The van der Waals surface area contributed by atoms with Crippen LogP contribution >= 0.6 is 11.8 Å². The topological polar surface area (TPSA) is 68.5 Å². The van der Waals surface area contributed by atoms with E-state index in [2.05, 4.69) is 35.3 Å². The lowest BCUT2D eigenvalue weighted by atomic mass is 10.2. The molecule has 0 saturated carbocycles. The molecule has 7 heteroatoms. The zero-order chi connectivity index (χ0) is 19.9. The molecule has 1 aromatic heterocycles. The van der Waals surface area contributed by atoms with Crippen molar-refractivity contribution in [3.63, 3.8) is 0 Å². The van der Waals surface area contributed by atoms with E-state index in [1.54, 1.807) is 30.8 Å². The highest BCUT2D eigenvalue weighted by molar-refractivity contribution is 7.99. The number of rotatable bonds is 8. The first kappa shape index (κ1) is 19.9. The van der Waals surface area contributed by atoms with Crippen molar-refractivity contribution in [3.8, 4) is 17.1 Å². The van der Waals surface area contributed by atoms with Crippen molar-refractivity contribution < 1.29 is 14.1 Å². The molecule has 0 fully saturated rings. The van der Waals surface area contributed by atoms with Crippen molar-refractivity contribution in [2.45, 2.75) is 19.2 Å². The first-order chi connectivity index (χ1) is 13.5. The molecule has 28 heavy (non-hydrogen) atoms. The summed E-state index contributed by atoms with van der Waals surface area (Å²) in [6, 6.07) is 15.7. The van der Waals surface area contributed by atoms with Crippen LogP contribution < -0.4 is 4.74 Å². The molecule has 3 aromatic rings. The highest BCUT2D eigenvalue weighted by Gasteiger charge is 2.15. The van der Waals surface area contributed by atoms with Crippen molar-refractivity contribution in [1.29, 1.82) is 0 Å². The average Bonchev–Trinajstić information content (AvgIpc) is 3.16. The summed E-state index contributed by atoms with van der Waals surface area (Å²) in [5, 5.41) is 3.99. The SMILES string of the molecule is COc1ccc(-c2noc(CN(C)C(=O)CSCc3cccc(C)c3)n2)cc1. The van der Waals surface area contributed by atoms with Gasteiger partial charge in [-0.1, -0.05) is 35.0 Å². The number of thioether (sulfide) groups is 1. The lowest BCUT2D eigenvalue weighted by Crippen LogP contribution is -2.28. The Bertz CT molecular complexity index is 925. The van der Waals surface area contributed by atoms with E-state index in [4.69, 9.17) is 9.26 Å². The maximum absolute atomic E-state index is 12.4. The van der Waals surface area contributed by atoms with E-state index in [9.17, 15) is 4.79 Å². The van der Waals surface area contributed by atoms with E-state index in [-0.39, 0.29) is 12.5 Å². The van der Waals surface area contributed by atoms with Crippen LogP contribution in [-0.4, -0.2) is 40.9 Å². The zero-order valence-electron chi connectivity index (χ0n) is 16.2. The summed E-state index contributed by atoms with van der Waals surface area (Å²) in [5.74, 6) is 2.91. The molecular weight excluding hydrogens is 374 g/mol. The van der Waals surface area contributed by atoms with E-state index in [0.717, 1.165) is 17.1 Å². The predicted octanol–water partition coefficient (Wildman–Crippen LogP) is 3.95. The second kappa shape index (κ2) is 9.41. The van der Waals surface area contributed by atoms with Crippen molar-refractivity contribution in [1.82, 2.24) is 15.0 Å². The van der Waals surface area contributed by atoms with Crippen LogP contribution in [0.3, 0.4) is 0 Å². The summed E-state index contributed by atoms with van der Waals surface area (Å²) >= 11 is 1.60. The van der Waals surface area contributed by atoms with E-state index in [1.165, 1.54) is 11.1 Å².